The molecule has 0 N–H and O–H groups in total. The number of esters is 1. The Morgan fingerprint density at radius 1 is 1.10 bits per heavy atom. The predicted molar refractivity (Wildman–Crippen MR) is 104 cm³/mol. The van der Waals surface area contributed by atoms with Crippen molar-refractivity contribution in [2.75, 3.05) is 14.2 Å². The van der Waals surface area contributed by atoms with E-state index in [0.717, 1.165) is 5.69 Å². The number of thiazole rings is 1. The Balaban J connectivity index is 1.78. The molecule has 0 aliphatic carbocycles. The number of methoxy groups -OCH3 is 2. The topological polar surface area (TPSA) is 110 Å². The van der Waals surface area contributed by atoms with Crippen molar-refractivity contribution in [1.29, 1.82) is 0 Å². The van der Waals surface area contributed by atoms with Gasteiger partial charge in [0.1, 0.15) is 12.4 Å². The molecule has 0 spiro atoms. The number of ether oxygens (including phenoxy) is 4. The standard InChI is InChI=1S/C19H16N2O7S/c1-25-14-4-6-16(15(8-14)21(23)24)28-19(22)12-3-5-17(18(7-12)26-2)27-9-13-10-29-11-20-13/h3-8,10-11H,9H2,1-2H3. The second kappa shape index (κ2) is 9.02. The molecule has 3 rings (SSSR count). The lowest BCUT2D eigenvalue weighted by Crippen LogP contribution is -2.10. The molecule has 1 heterocycles. The first-order chi connectivity index (χ1) is 14.0. The minimum absolute atomic E-state index is 0.146. The summed E-state index contributed by atoms with van der Waals surface area (Å²) in [7, 11) is 2.82. The number of nitro groups is 1. The molecule has 2 aromatic carbocycles. The zero-order valence-corrected chi connectivity index (χ0v) is 16.3. The van der Waals surface area contributed by atoms with E-state index in [4.69, 9.17) is 18.9 Å². The van der Waals surface area contributed by atoms with Crippen LogP contribution < -0.4 is 18.9 Å². The minimum Gasteiger partial charge on any atom is -0.496 e. The summed E-state index contributed by atoms with van der Waals surface area (Å²) >= 11 is 1.46. The molecule has 150 valence electrons. The van der Waals surface area contributed by atoms with Gasteiger partial charge in [-0.2, -0.15) is 0 Å². The maximum absolute atomic E-state index is 12.5. The second-order valence-corrected chi connectivity index (χ2v) is 6.33. The van der Waals surface area contributed by atoms with Gasteiger partial charge in [0.15, 0.2) is 11.5 Å². The number of nitro benzene ring substituents is 1. The van der Waals surface area contributed by atoms with Crippen LogP contribution in [0.5, 0.6) is 23.0 Å². The van der Waals surface area contributed by atoms with Crippen LogP contribution in [0.4, 0.5) is 5.69 Å². The maximum Gasteiger partial charge on any atom is 0.343 e. The van der Waals surface area contributed by atoms with Gasteiger partial charge in [-0.1, -0.05) is 0 Å². The highest BCUT2D eigenvalue weighted by molar-refractivity contribution is 7.07. The highest BCUT2D eigenvalue weighted by Crippen LogP contribution is 2.33. The first-order valence-corrected chi connectivity index (χ1v) is 9.18. The van der Waals surface area contributed by atoms with Gasteiger partial charge in [0.25, 0.3) is 0 Å². The molecule has 0 aliphatic rings. The summed E-state index contributed by atoms with van der Waals surface area (Å²) in [5.74, 6) is 0.0532. The van der Waals surface area contributed by atoms with E-state index in [2.05, 4.69) is 4.98 Å². The molecular formula is C19H16N2O7S. The molecular weight excluding hydrogens is 400 g/mol. The van der Waals surface area contributed by atoms with Gasteiger partial charge in [-0.05, 0) is 30.3 Å². The van der Waals surface area contributed by atoms with Crippen LogP contribution in [0.15, 0.2) is 47.3 Å². The molecule has 10 heteroatoms. The van der Waals surface area contributed by atoms with E-state index in [-0.39, 0.29) is 29.4 Å². The van der Waals surface area contributed by atoms with Crippen molar-refractivity contribution in [1.82, 2.24) is 4.98 Å². The van der Waals surface area contributed by atoms with E-state index >= 15 is 0 Å². The maximum atomic E-state index is 12.5. The van der Waals surface area contributed by atoms with E-state index in [9.17, 15) is 14.9 Å². The zero-order chi connectivity index (χ0) is 20.8. The van der Waals surface area contributed by atoms with Gasteiger partial charge in [-0.3, -0.25) is 10.1 Å². The summed E-state index contributed by atoms with van der Waals surface area (Å²) in [6.07, 6.45) is 0. The van der Waals surface area contributed by atoms with Gasteiger partial charge >= 0.3 is 11.7 Å². The second-order valence-electron chi connectivity index (χ2n) is 5.61. The van der Waals surface area contributed by atoms with Crippen LogP contribution in [-0.4, -0.2) is 30.1 Å². The van der Waals surface area contributed by atoms with E-state index < -0.39 is 10.9 Å². The number of nitrogens with zero attached hydrogens (tertiary/aromatic N) is 2. The summed E-state index contributed by atoms with van der Waals surface area (Å²) in [4.78, 5) is 27.2. The van der Waals surface area contributed by atoms with Crippen molar-refractivity contribution in [3.8, 4) is 23.0 Å². The van der Waals surface area contributed by atoms with Crippen LogP contribution >= 0.6 is 11.3 Å². The highest BCUT2D eigenvalue weighted by Gasteiger charge is 2.21. The van der Waals surface area contributed by atoms with Crippen molar-refractivity contribution in [2.45, 2.75) is 6.61 Å². The van der Waals surface area contributed by atoms with Crippen LogP contribution in [0, 0.1) is 10.1 Å². The van der Waals surface area contributed by atoms with Crippen molar-refractivity contribution < 1.29 is 28.7 Å². The largest absolute Gasteiger partial charge is 0.496 e. The number of benzene rings is 2. The summed E-state index contributed by atoms with van der Waals surface area (Å²) in [5, 5.41) is 13.1. The monoisotopic (exact) mass is 416 g/mol. The predicted octanol–water partition coefficient (Wildman–Crippen LogP) is 3.87. The van der Waals surface area contributed by atoms with Crippen molar-refractivity contribution in [2.24, 2.45) is 0 Å². The van der Waals surface area contributed by atoms with E-state index in [1.807, 2.05) is 5.38 Å². The highest BCUT2D eigenvalue weighted by atomic mass is 32.1. The number of rotatable bonds is 8. The summed E-state index contributed by atoms with van der Waals surface area (Å²) in [6.45, 7) is 0.252. The average Bonchev–Trinajstić information content (AvgIpc) is 3.25. The van der Waals surface area contributed by atoms with Gasteiger partial charge in [0.2, 0.25) is 5.75 Å². The molecule has 29 heavy (non-hydrogen) atoms. The molecule has 0 atom stereocenters. The lowest BCUT2D eigenvalue weighted by molar-refractivity contribution is -0.385. The molecule has 0 unspecified atom stereocenters. The van der Waals surface area contributed by atoms with Gasteiger partial charge in [0, 0.05) is 5.38 Å². The number of aromatic nitrogens is 1. The van der Waals surface area contributed by atoms with E-state index in [0.29, 0.717) is 11.5 Å². The normalized spacial score (nSPS) is 10.3. The Hall–Kier alpha value is -3.66. The van der Waals surface area contributed by atoms with Crippen LogP contribution in [0.1, 0.15) is 16.1 Å². The van der Waals surface area contributed by atoms with Crippen molar-refractivity contribution >= 4 is 23.0 Å². The van der Waals surface area contributed by atoms with Crippen LogP contribution in [0.3, 0.4) is 0 Å². The first kappa shape index (κ1) is 20.1. The van der Waals surface area contributed by atoms with Gasteiger partial charge < -0.3 is 18.9 Å². The molecule has 0 aliphatic heterocycles. The van der Waals surface area contributed by atoms with E-state index in [1.165, 1.54) is 55.9 Å². The molecule has 1 aromatic heterocycles. The van der Waals surface area contributed by atoms with Gasteiger partial charge in [0.05, 0.1) is 42.0 Å². The smallest absolute Gasteiger partial charge is 0.343 e. The molecule has 0 amide bonds. The molecule has 0 fully saturated rings. The fraction of sp³-hybridized carbons (Fsp3) is 0.158. The Bertz CT molecular complexity index is 1020. The Labute approximate surface area is 169 Å². The Morgan fingerprint density at radius 3 is 2.55 bits per heavy atom. The SMILES string of the molecule is COc1ccc(OC(=O)c2ccc(OCc3cscn3)c(OC)c2)c([N+](=O)[O-])c1. The minimum atomic E-state index is -0.775. The lowest BCUT2D eigenvalue weighted by Gasteiger charge is -2.11. The summed E-state index contributed by atoms with van der Waals surface area (Å²) in [5.41, 5.74) is 2.24. The Kier molecular flexibility index (Phi) is 6.25. The molecule has 0 saturated carbocycles. The molecule has 0 saturated heterocycles. The van der Waals surface area contributed by atoms with Gasteiger partial charge in [-0.25, -0.2) is 9.78 Å². The fourth-order valence-corrected chi connectivity index (χ4v) is 2.93. The number of carbonyl (C=O) groups is 1. The molecule has 0 bridgehead atoms. The van der Waals surface area contributed by atoms with E-state index in [1.54, 1.807) is 11.6 Å². The number of carbonyl (C=O) groups excluding carboxylic acids is 1. The molecule has 0 radical (unpaired) electrons. The summed E-state index contributed by atoms with van der Waals surface area (Å²) in [6, 6.07) is 8.43. The summed E-state index contributed by atoms with van der Waals surface area (Å²) < 4.78 is 21.1. The van der Waals surface area contributed by atoms with Gasteiger partial charge in [-0.15, -0.1) is 11.3 Å². The molecule has 3 aromatic rings. The third-order valence-electron chi connectivity index (χ3n) is 3.82. The lowest BCUT2D eigenvalue weighted by atomic mass is 10.2. The number of hydrogen-bond donors (Lipinski definition) is 0. The zero-order valence-electron chi connectivity index (χ0n) is 15.5. The third kappa shape index (κ3) is 4.79. The third-order valence-corrected chi connectivity index (χ3v) is 4.46. The first-order valence-electron chi connectivity index (χ1n) is 8.24. The van der Waals surface area contributed by atoms with Crippen molar-refractivity contribution in [3.05, 3.63) is 68.7 Å². The fourth-order valence-electron chi connectivity index (χ4n) is 2.39. The quantitative estimate of drug-likeness (QED) is 0.236. The van der Waals surface area contributed by atoms with Crippen LogP contribution in [0.2, 0.25) is 0 Å². The van der Waals surface area contributed by atoms with Crippen LogP contribution in [-0.2, 0) is 6.61 Å². The molecule has 9 nitrogen and oxygen atoms in total. The average molecular weight is 416 g/mol. The number of hydrogen-bond acceptors (Lipinski definition) is 9. The van der Waals surface area contributed by atoms with Crippen molar-refractivity contribution in [3.63, 3.8) is 0 Å². The van der Waals surface area contributed by atoms with Crippen LogP contribution in [0.25, 0.3) is 0 Å². The Morgan fingerprint density at radius 2 is 1.90 bits per heavy atom.